The van der Waals surface area contributed by atoms with Crippen molar-refractivity contribution >= 4 is 47.3 Å². The average Bonchev–Trinajstić information content (AvgIpc) is 3.10. The molecule has 0 amide bonds. The zero-order valence-electron chi connectivity index (χ0n) is 15.5. The van der Waals surface area contributed by atoms with Gasteiger partial charge >= 0.3 is 0 Å². The van der Waals surface area contributed by atoms with Crippen LogP contribution in [0, 0.1) is 6.92 Å². The average molecular weight is 507 g/mol. The third kappa shape index (κ3) is 5.03. The molecule has 0 spiro atoms. The van der Waals surface area contributed by atoms with Gasteiger partial charge in [-0.2, -0.15) is 4.31 Å². The molecule has 1 atom stereocenters. The van der Waals surface area contributed by atoms with Crippen molar-refractivity contribution in [3.63, 3.8) is 0 Å². The predicted octanol–water partition coefficient (Wildman–Crippen LogP) is 3.73. The lowest BCUT2D eigenvalue weighted by atomic mass is 10.0. The van der Waals surface area contributed by atoms with E-state index in [9.17, 15) is 16.8 Å². The standard InChI is InChI=1S/C18H23BrN2O4S3/c1-14-5-7-16(8-6-14)28(24,25)21-13-3-2-4-15(21)11-12-20-27(22,23)18-10-9-17(19)26-18/h5-10,15,20H,2-4,11-13H2,1H3. The molecule has 0 saturated carbocycles. The van der Waals surface area contributed by atoms with E-state index in [0.29, 0.717) is 13.0 Å². The second kappa shape index (κ2) is 8.93. The Morgan fingerprint density at radius 2 is 1.82 bits per heavy atom. The first-order chi connectivity index (χ1) is 13.2. The molecular weight excluding hydrogens is 484 g/mol. The zero-order chi connectivity index (χ0) is 20.4. The molecule has 154 valence electrons. The number of piperidine rings is 1. The third-order valence-electron chi connectivity index (χ3n) is 4.78. The van der Waals surface area contributed by atoms with E-state index in [1.807, 2.05) is 6.92 Å². The van der Waals surface area contributed by atoms with Gasteiger partial charge in [-0.3, -0.25) is 0 Å². The number of aryl methyl sites for hydroxylation is 1. The van der Waals surface area contributed by atoms with Crippen molar-refractivity contribution in [3.05, 3.63) is 45.7 Å². The quantitative estimate of drug-likeness (QED) is 0.619. The highest BCUT2D eigenvalue weighted by Crippen LogP contribution is 2.28. The summed E-state index contributed by atoms with van der Waals surface area (Å²) in [5.41, 5.74) is 1.00. The summed E-state index contributed by atoms with van der Waals surface area (Å²) in [5.74, 6) is 0. The largest absolute Gasteiger partial charge is 0.250 e. The van der Waals surface area contributed by atoms with Crippen LogP contribution in [0.4, 0.5) is 0 Å². The van der Waals surface area contributed by atoms with Crippen molar-refractivity contribution in [2.75, 3.05) is 13.1 Å². The molecule has 0 aliphatic carbocycles. The van der Waals surface area contributed by atoms with Crippen molar-refractivity contribution in [2.24, 2.45) is 0 Å². The Hall–Kier alpha value is -0.780. The molecule has 2 heterocycles. The molecule has 28 heavy (non-hydrogen) atoms. The SMILES string of the molecule is Cc1ccc(S(=O)(=O)N2CCCCC2CCNS(=O)(=O)c2ccc(Br)s2)cc1. The molecule has 0 radical (unpaired) electrons. The summed E-state index contributed by atoms with van der Waals surface area (Å²) in [4.78, 5) is 0.286. The van der Waals surface area contributed by atoms with Gasteiger partial charge in [-0.25, -0.2) is 21.6 Å². The maximum atomic E-state index is 13.1. The lowest BCUT2D eigenvalue weighted by molar-refractivity contribution is 0.242. The van der Waals surface area contributed by atoms with Crippen LogP contribution < -0.4 is 4.72 Å². The lowest BCUT2D eigenvalue weighted by Crippen LogP contribution is -2.45. The maximum Gasteiger partial charge on any atom is 0.250 e. The fraction of sp³-hybridized carbons (Fsp3) is 0.444. The Kier molecular flexibility index (Phi) is 6.99. The highest BCUT2D eigenvalue weighted by molar-refractivity contribution is 9.11. The summed E-state index contributed by atoms with van der Waals surface area (Å²) >= 11 is 4.41. The van der Waals surface area contributed by atoms with E-state index in [-0.39, 0.29) is 21.7 Å². The second-order valence-electron chi connectivity index (χ2n) is 6.82. The van der Waals surface area contributed by atoms with Crippen LogP contribution in [-0.2, 0) is 20.0 Å². The minimum Gasteiger partial charge on any atom is -0.210 e. The summed E-state index contributed by atoms with van der Waals surface area (Å²) in [6.07, 6.45) is 2.93. The molecule has 3 rings (SSSR count). The van der Waals surface area contributed by atoms with Crippen molar-refractivity contribution in [3.8, 4) is 0 Å². The maximum absolute atomic E-state index is 13.1. The first kappa shape index (κ1) is 21.9. The first-order valence-corrected chi connectivity index (χ1v) is 13.6. The summed E-state index contributed by atoms with van der Waals surface area (Å²) in [6.45, 7) is 2.58. The number of hydrogen-bond donors (Lipinski definition) is 1. The molecule has 0 bridgehead atoms. The van der Waals surface area contributed by atoms with Crippen LogP contribution in [-0.4, -0.2) is 40.3 Å². The van der Waals surface area contributed by atoms with Gasteiger partial charge in [0, 0.05) is 19.1 Å². The molecule has 1 unspecified atom stereocenters. The van der Waals surface area contributed by atoms with Crippen LogP contribution in [0.1, 0.15) is 31.2 Å². The molecule has 10 heteroatoms. The van der Waals surface area contributed by atoms with Gasteiger partial charge in [0.05, 0.1) is 8.68 Å². The summed E-state index contributed by atoms with van der Waals surface area (Å²) in [7, 11) is -7.17. The molecule has 1 aliphatic heterocycles. The third-order valence-corrected chi connectivity index (χ3v) is 10.3. The summed E-state index contributed by atoms with van der Waals surface area (Å²) < 4.78 is 56.0. The number of rotatable bonds is 7. The molecule has 1 saturated heterocycles. The van der Waals surface area contributed by atoms with Crippen molar-refractivity contribution < 1.29 is 16.8 Å². The fourth-order valence-electron chi connectivity index (χ4n) is 3.30. The van der Waals surface area contributed by atoms with Crippen LogP contribution in [0.25, 0.3) is 0 Å². The molecule has 1 aromatic carbocycles. The summed E-state index contributed by atoms with van der Waals surface area (Å²) in [5, 5.41) is 0. The van der Waals surface area contributed by atoms with Gasteiger partial charge in [-0.1, -0.05) is 24.1 Å². The normalized spacial score (nSPS) is 19.0. The Balaban J connectivity index is 1.69. The number of thiophene rings is 1. The monoisotopic (exact) mass is 506 g/mol. The van der Waals surface area contributed by atoms with Crippen LogP contribution in [0.5, 0.6) is 0 Å². The number of sulfonamides is 2. The van der Waals surface area contributed by atoms with Gasteiger partial charge in [0.2, 0.25) is 20.0 Å². The van der Waals surface area contributed by atoms with E-state index in [4.69, 9.17) is 0 Å². The van der Waals surface area contributed by atoms with Gasteiger partial charge in [0.25, 0.3) is 0 Å². The summed E-state index contributed by atoms with van der Waals surface area (Å²) in [6, 6.07) is 9.87. The number of hydrogen-bond acceptors (Lipinski definition) is 5. The van der Waals surface area contributed by atoms with Crippen LogP contribution >= 0.6 is 27.3 Å². The smallest absolute Gasteiger partial charge is 0.210 e. The Morgan fingerprint density at radius 3 is 2.46 bits per heavy atom. The molecular formula is C18H23BrN2O4S3. The van der Waals surface area contributed by atoms with Crippen LogP contribution in [0.3, 0.4) is 0 Å². The molecule has 1 N–H and O–H groups in total. The predicted molar refractivity (Wildman–Crippen MR) is 115 cm³/mol. The first-order valence-electron chi connectivity index (χ1n) is 9.04. The van der Waals surface area contributed by atoms with Crippen molar-refractivity contribution in [1.82, 2.24) is 9.03 Å². The number of nitrogens with one attached hydrogen (secondary N) is 1. The minimum absolute atomic E-state index is 0.197. The fourth-order valence-corrected chi connectivity index (χ4v) is 8.12. The van der Waals surface area contributed by atoms with E-state index in [1.54, 1.807) is 36.4 Å². The number of halogens is 1. The van der Waals surface area contributed by atoms with E-state index in [2.05, 4.69) is 20.7 Å². The van der Waals surface area contributed by atoms with Crippen LogP contribution in [0.2, 0.25) is 0 Å². The van der Waals surface area contributed by atoms with Gasteiger partial charge in [0.15, 0.2) is 0 Å². The molecule has 1 aromatic heterocycles. The molecule has 1 fully saturated rings. The van der Waals surface area contributed by atoms with Gasteiger partial charge in [-0.05, 0) is 66.4 Å². The number of nitrogens with zero attached hydrogens (tertiary/aromatic N) is 1. The Morgan fingerprint density at radius 1 is 1.11 bits per heavy atom. The molecule has 6 nitrogen and oxygen atoms in total. The van der Waals surface area contributed by atoms with Gasteiger partial charge in [-0.15, -0.1) is 11.3 Å². The van der Waals surface area contributed by atoms with E-state index in [1.165, 1.54) is 4.31 Å². The van der Waals surface area contributed by atoms with Gasteiger partial charge in [0.1, 0.15) is 4.21 Å². The van der Waals surface area contributed by atoms with E-state index >= 15 is 0 Å². The van der Waals surface area contributed by atoms with Crippen molar-refractivity contribution in [1.29, 1.82) is 0 Å². The topological polar surface area (TPSA) is 83.6 Å². The molecule has 2 aromatic rings. The van der Waals surface area contributed by atoms with E-state index < -0.39 is 20.0 Å². The Labute approximate surface area is 179 Å². The second-order valence-corrected chi connectivity index (χ2v) is 13.2. The highest BCUT2D eigenvalue weighted by atomic mass is 79.9. The van der Waals surface area contributed by atoms with Crippen molar-refractivity contribution in [2.45, 2.75) is 47.8 Å². The number of benzene rings is 1. The minimum atomic E-state index is -3.59. The molecule has 1 aliphatic rings. The van der Waals surface area contributed by atoms with Gasteiger partial charge < -0.3 is 0 Å². The zero-order valence-corrected chi connectivity index (χ0v) is 19.5. The van der Waals surface area contributed by atoms with E-state index in [0.717, 1.165) is 39.9 Å². The lowest BCUT2D eigenvalue weighted by Gasteiger charge is -2.34. The van der Waals surface area contributed by atoms with Crippen LogP contribution in [0.15, 0.2) is 49.3 Å². The Bertz CT molecular complexity index is 1020. The highest BCUT2D eigenvalue weighted by Gasteiger charge is 2.33.